The highest BCUT2D eigenvalue weighted by molar-refractivity contribution is 5.71. The molecule has 0 N–H and O–H groups in total. The third-order valence-corrected chi connectivity index (χ3v) is 14.0. The van der Waals surface area contributed by atoms with Crippen LogP contribution in [0.3, 0.4) is 0 Å². The second-order valence-corrected chi connectivity index (χ2v) is 22.0. The monoisotopic (exact) mass is 1140 g/mol. The van der Waals surface area contributed by atoms with Crippen molar-refractivity contribution in [3.8, 4) is 0 Å². The largest absolute Gasteiger partial charge is 0.462 e. The molecule has 0 amide bonds. The highest BCUT2D eigenvalue weighted by atomic mass is 16.6. The molecule has 0 spiro atoms. The SMILES string of the molecule is CC/C=C\C/C=C\C/C=C\C/C=C\C/C=C\C/C=C\C/C=C\CCCCCCCCCC(=O)OCC(COC(=O)CCCCCCC/C=C\CCCCCC)OC(=O)CCCCCCCCC/C=C\C/C=C\C/C=C\C/C=C\C/C=C\CC. The van der Waals surface area contributed by atoms with Crippen LogP contribution in [0.1, 0.15) is 290 Å². The van der Waals surface area contributed by atoms with E-state index in [1.54, 1.807) is 0 Å². The Morgan fingerprint density at radius 1 is 0.253 bits per heavy atom. The van der Waals surface area contributed by atoms with Crippen LogP contribution in [0, 0.1) is 0 Å². The van der Waals surface area contributed by atoms with Crippen molar-refractivity contribution in [2.45, 2.75) is 297 Å². The molecule has 0 saturated heterocycles. The minimum atomic E-state index is -0.801. The summed E-state index contributed by atoms with van der Waals surface area (Å²) in [5.74, 6) is -0.925. The predicted octanol–water partition coefficient (Wildman–Crippen LogP) is 23.7. The number of esters is 3. The standard InChI is InChI=1S/C77H124O6/c1-4-7-10-13-16-19-22-25-27-29-31-33-35-36-37-38-39-40-42-43-45-47-49-52-55-58-61-64-67-70-76(79)82-73-74(72-81-75(78)69-66-63-60-57-54-51-24-21-18-15-12-9-6-3)83-77(80)71-68-65-62-59-56-53-50-48-46-44-41-34-32-30-28-26-23-20-17-14-11-8-5-2/h7-8,10-11,16-17,19-21,24-28,31-34,36-37,39-40,43-46,74H,4-6,9,12-15,18,22-23,29-30,35,38,41-42,47-73H2,1-3H3/b10-7-,11-8-,19-16-,20-17-,24-21-,27-25-,28-26-,33-31-,34-32-,37-36-,40-39-,45-43-,46-44-. The molecule has 1 atom stereocenters. The van der Waals surface area contributed by atoms with Crippen molar-refractivity contribution in [3.63, 3.8) is 0 Å². The molecule has 468 valence electrons. The van der Waals surface area contributed by atoms with Crippen LogP contribution in [0.25, 0.3) is 0 Å². The Kier molecular flexibility index (Phi) is 65.4. The van der Waals surface area contributed by atoms with E-state index in [-0.39, 0.29) is 31.1 Å². The molecule has 0 aromatic rings. The van der Waals surface area contributed by atoms with Gasteiger partial charge in [0.05, 0.1) is 0 Å². The van der Waals surface area contributed by atoms with Gasteiger partial charge in [-0.2, -0.15) is 0 Å². The minimum Gasteiger partial charge on any atom is -0.462 e. The van der Waals surface area contributed by atoms with Gasteiger partial charge in [0.25, 0.3) is 0 Å². The van der Waals surface area contributed by atoms with Crippen LogP contribution >= 0.6 is 0 Å². The van der Waals surface area contributed by atoms with Crippen molar-refractivity contribution in [1.82, 2.24) is 0 Å². The molecule has 6 heteroatoms. The van der Waals surface area contributed by atoms with Crippen molar-refractivity contribution in [2.75, 3.05) is 13.2 Å². The number of hydrogen-bond donors (Lipinski definition) is 0. The molecule has 0 fully saturated rings. The first-order chi connectivity index (χ1) is 41.0. The van der Waals surface area contributed by atoms with Crippen molar-refractivity contribution < 1.29 is 28.6 Å². The Bertz CT molecular complexity index is 1840. The Morgan fingerprint density at radius 2 is 0.470 bits per heavy atom. The van der Waals surface area contributed by atoms with Crippen LogP contribution in [0.5, 0.6) is 0 Å². The van der Waals surface area contributed by atoms with Gasteiger partial charge in [-0.15, -0.1) is 0 Å². The number of ether oxygens (including phenoxy) is 3. The van der Waals surface area contributed by atoms with Crippen molar-refractivity contribution in [1.29, 1.82) is 0 Å². The molecule has 1 unspecified atom stereocenters. The molecule has 0 aromatic heterocycles. The zero-order valence-electron chi connectivity index (χ0n) is 53.7. The van der Waals surface area contributed by atoms with E-state index in [0.29, 0.717) is 19.3 Å². The summed E-state index contributed by atoms with van der Waals surface area (Å²) in [6, 6.07) is 0. The summed E-state index contributed by atoms with van der Waals surface area (Å²) in [6.07, 6.45) is 101. The van der Waals surface area contributed by atoms with Crippen molar-refractivity contribution in [2.24, 2.45) is 0 Å². The average molecular weight is 1150 g/mol. The molecule has 0 aliphatic carbocycles. The van der Waals surface area contributed by atoms with Gasteiger partial charge in [-0.05, 0) is 148 Å². The highest BCUT2D eigenvalue weighted by Crippen LogP contribution is 2.15. The van der Waals surface area contributed by atoms with Gasteiger partial charge in [0, 0.05) is 19.3 Å². The highest BCUT2D eigenvalue weighted by Gasteiger charge is 2.19. The zero-order valence-corrected chi connectivity index (χ0v) is 53.7. The summed E-state index contributed by atoms with van der Waals surface area (Å²) in [4.78, 5) is 38.4. The van der Waals surface area contributed by atoms with Crippen molar-refractivity contribution in [3.05, 3.63) is 158 Å². The molecule has 83 heavy (non-hydrogen) atoms. The van der Waals surface area contributed by atoms with E-state index >= 15 is 0 Å². The lowest BCUT2D eigenvalue weighted by atomic mass is 10.1. The molecule has 0 heterocycles. The van der Waals surface area contributed by atoms with Crippen molar-refractivity contribution >= 4 is 17.9 Å². The molecule has 0 bridgehead atoms. The maximum Gasteiger partial charge on any atom is 0.306 e. The van der Waals surface area contributed by atoms with Gasteiger partial charge in [0.15, 0.2) is 6.10 Å². The van der Waals surface area contributed by atoms with Gasteiger partial charge >= 0.3 is 17.9 Å². The van der Waals surface area contributed by atoms with E-state index in [1.165, 1.54) is 83.5 Å². The molecule has 0 saturated carbocycles. The van der Waals surface area contributed by atoms with Gasteiger partial charge in [0.2, 0.25) is 0 Å². The van der Waals surface area contributed by atoms with E-state index < -0.39 is 6.10 Å². The van der Waals surface area contributed by atoms with Crippen LogP contribution in [0.15, 0.2) is 158 Å². The predicted molar refractivity (Wildman–Crippen MR) is 362 cm³/mol. The lowest BCUT2D eigenvalue weighted by molar-refractivity contribution is -0.167. The maximum atomic E-state index is 12.9. The number of unbranched alkanes of at least 4 members (excludes halogenated alkanes) is 23. The first-order valence-corrected chi connectivity index (χ1v) is 34.0. The van der Waals surface area contributed by atoms with Gasteiger partial charge < -0.3 is 14.2 Å². The second-order valence-electron chi connectivity index (χ2n) is 22.0. The first kappa shape index (κ1) is 78.0. The van der Waals surface area contributed by atoms with Crippen LogP contribution in [-0.2, 0) is 28.6 Å². The average Bonchev–Trinajstić information content (AvgIpc) is 3.49. The number of rotatable bonds is 60. The number of allylic oxidation sites excluding steroid dienone is 26. The Morgan fingerprint density at radius 3 is 0.747 bits per heavy atom. The van der Waals surface area contributed by atoms with E-state index in [9.17, 15) is 14.4 Å². The topological polar surface area (TPSA) is 78.9 Å². The third kappa shape index (κ3) is 67.7. The van der Waals surface area contributed by atoms with Gasteiger partial charge in [-0.3, -0.25) is 14.4 Å². The van der Waals surface area contributed by atoms with E-state index in [4.69, 9.17) is 14.2 Å². The molecule has 6 nitrogen and oxygen atoms in total. The molecule has 0 aliphatic rings. The smallest absolute Gasteiger partial charge is 0.306 e. The van der Waals surface area contributed by atoms with Gasteiger partial charge in [-0.25, -0.2) is 0 Å². The first-order valence-electron chi connectivity index (χ1n) is 34.0. The summed E-state index contributed by atoms with van der Waals surface area (Å²) >= 11 is 0. The van der Waals surface area contributed by atoms with E-state index in [2.05, 4.69) is 179 Å². The summed E-state index contributed by atoms with van der Waals surface area (Å²) < 4.78 is 16.9. The Labute approximate surface area is 511 Å². The second kappa shape index (κ2) is 69.5. The minimum absolute atomic E-state index is 0.0957. The molecular weight excluding hydrogens is 1020 g/mol. The fraction of sp³-hybridized carbons (Fsp3) is 0.623. The summed E-state index contributed by atoms with van der Waals surface area (Å²) in [5, 5.41) is 0. The third-order valence-electron chi connectivity index (χ3n) is 14.0. The molecule has 0 rings (SSSR count). The quantitative estimate of drug-likeness (QED) is 0.0261. The Hall–Kier alpha value is -4.97. The number of hydrogen-bond acceptors (Lipinski definition) is 6. The van der Waals surface area contributed by atoms with Gasteiger partial charge in [-0.1, -0.05) is 281 Å². The molecule has 0 aliphatic heterocycles. The summed E-state index contributed by atoms with van der Waals surface area (Å²) in [5.41, 5.74) is 0. The lowest BCUT2D eigenvalue weighted by Crippen LogP contribution is -2.30. The number of carbonyl (C=O) groups excluding carboxylic acids is 3. The van der Waals surface area contributed by atoms with E-state index in [1.807, 2.05) is 0 Å². The Balaban J connectivity index is 4.39. The molecule has 0 aromatic carbocycles. The van der Waals surface area contributed by atoms with Crippen LogP contribution in [0.4, 0.5) is 0 Å². The molecular formula is C77H124O6. The van der Waals surface area contributed by atoms with Crippen LogP contribution in [-0.4, -0.2) is 37.2 Å². The van der Waals surface area contributed by atoms with Crippen LogP contribution < -0.4 is 0 Å². The number of carbonyl (C=O) groups is 3. The molecule has 0 radical (unpaired) electrons. The van der Waals surface area contributed by atoms with E-state index in [0.717, 1.165) is 167 Å². The fourth-order valence-corrected chi connectivity index (χ4v) is 8.97. The summed E-state index contributed by atoms with van der Waals surface area (Å²) in [7, 11) is 0. The summed E-state index contributed by atoms with van der Waals surface area (Å²) in [6.45, 7) is 6.38. The fourth-order valence-electron chi connectivity index (χ4n) is 8.97. The zero-order chi connectivity index (χ0) is 59.9. The van der Waals surface area contributed by atoms with Crippen LogP contribution in [0.2, 0.25) is 0 Å². The normalized spacial score (nSPS) is 13.1. The maximum absolute atomic E-state index is 12.9. The lowest BCUT2D eigenvalue weighted by Gasteiger charge is -2.18. The van der Waals surface area contributed by atoms with Gasteiger partial charge in [0.1, 0.15) is 13.2 Å².